The fraction of sp³-hybridized carbons (Fsp3) is 0.615. The Labute approximate surface area is 107 Å². The molecular weight excluding hydrogens is 236 g/mol. The molecule has 0 radical (unpaired) electrons. The first-order valence-electron chi connectivity index (χ1n) is 6.25. The number of hydrogen-bond acceptors (Lipinski definition) is 3. The topological polar surface area (TPSA) is 36.4 Å². The molecule has 0 bridgehead atoms. The van der Waals surface area contributed by atoms with Gasteiger partial charge in [-0.1, -0.05) is 11.6 Å². The third-order valence-corrected chi connectivity index (χ3v) is 3.30. The Bertz CT molecular complexity index is 355. The van der Waals surface area contributed by atoms with Crippen molar-refractivity contribution >= 4 is 11.6 Å². The van der Waals surface area contributed by atoms with Crippen molar-refractivity contribution in [3.05, 3.63) is 29.0 Å². The van der Waals surface area contributed by atoms with Crippen LogP contribution in [0.25, 0.3) is 0 Å². The van der Waals surface area contributed by atoms with Crippen LogP contribution in [0.1, 0.15) is 31.2 Å². The zero-order valence-electron chi connectivity index (χ0n) is 9.98. The lowest BCUT2D eigenvalue weighted by Crippen LogP contribution is -2.26. The molecule has 0 amide bonds. The van der Waals surface area contributed by atoms with Crippen molar-refractivity contribution in [2.24, 2.45) is 0 Å². The molecule has 0 atom stereocenters. The Morgan fingerprint density at radius 2 is 2.24 bits per heavy atom. The largest absolute Gasteiger partial charge is 0.396 e. The molecule has 0 saturated heterocycles. The molecule has 4 heteroatoms. The maximum atomic E-state index is 8.82. The number of hydrogen-bond donors (Lipinski definition) is 1. The first-order valence-corrected chi connectivity index (χ1v) is 6.63. The van der Waals surface area contributed by atoms with E-state index in [-0.39, 0.29) is 0 Å². The summed E-state index contributed by atoms with van der Waals surface area (Å²) in [5, 5.41) is 9.38. The van der Waals surface area contributed by atoms with E-state index in [0.717, 1.165) is 32.0 Å². The molecule has 17 heavy (non-hydrogen) atoms. The van der Waals surface area contributed by atoms with Crippen LogP contribution >= 0.6 is 11.6 Å². The molecule has 1 fully saturated rings. The standard InChI is InChI=1S/C13H19ClN2O/c14-13-9-11(5-6-15-13)10-16(12-3-4-12)7-1-2-8-17/h5-6,9,12,17H,1-4,7-8,10H2. The Morgan fingerprint density at radius 3 is 2.88 bits per heavy atom. The van der Waals surface area contributed by atoms with Crippen molar-refractivity contribution in [3.63, 3.8) is 0 Å². The smallest absolute Gasteiger partial charge is 0.129 e. The second-order valence-electron chi connectivity index (χ2n) is 4.62. The lowest BCUT2D eigenvalue weighted by atomic mass is 10.2. The Hall–Kier alpha value is -0.640. The van der Waals surface area contributed by atoms with E-state index >= 15 is 0 Å². The van der Waals surface area contributed by atoms with Crippen molar-refractivity contribution in [3.8, 4) is 0 Å². The van der Waals surface area contributed by atoms with E-state index in [4.69, 9.17) is 16.7 Å². The fourth-order valence-corrected chi connectivity index (χ4v) is 2.23. The summed E-state index contributed by atoms with van der Waals surface area (Å²) in [6, 6.07) is 4.69. The Kier molecular flexibility index (Phi) is 4.77. The third kappa shape index (κ3) is 4.26. The highest BCUT2D eigenvalue weighted by Crippen LogP contribution is 2.28. The summed E-state index contributed by atoms with van der Waals surface area (Å²) in [7, 11) is 0. The molecule has 0 unspecified atom stereocenters. The van der Waals surface area contributed by atoms with Crippen molar-refractivity contribution < 1.29 is 5.11 Å². The van der Waals surface area contributed by atoms with Crippen LogP contribution in [0.3, 0.4) is 0 Å². The number of pyridine rings is 1. The van der Waals surface area contributed by atoms with Gasteiger partial charge in [0.15, 0.2) is 0 Å². The van der Waals surface area contributed by atoms with Gasteiger partial charge in [-0.25, -0.2) is 4.98 Å². The third-order valence-electron chi connectivity index (χ3n) is 3.09. The first-order chi connectivity index (χ1) is 8.29. The summed E-state index contributed by atoms with van der Waals surface area (Å²) in [5.74, 6) is 0. The van der Waals surface area contributed by atoms with E-state index in [1.807, 2.05) is 12.1 Å². The van der Waals surface area contributed by atoms with Crippen LogP contribution in [-0.2, 0) is 6.54 Å². The molecule has 1 aromatic rings. The second-order valence-corrected chi connectivity index (χ2v) is 5.01. The summed E-state index contributed by atoms with van der Waals surface area (Å²) in [6.07, 6.45) is 6.32. The molecule has 2 rings (SSSR count). The van der Waals surface area contributed by atoms with E-state index in [9.17, 15) is 0 Å². The average molecular weight is 255 g/mol. The molecule has 0 aliphatic heterocycles. The summed E-state index contributed by atoms with van der Waals surface area (Å²) >= 11 is 5.89. The summed E-state index contributed by atoms with van der Waals surface area (Å²) in [6.45, 7) is 2.29. The van der Waals surface area contributed by atoms with E-state index in [0.29, 0.717) is 11.8 Å². The van der Waals surface area contributed by atoms with Crippen LogP contribution in [0.4, 0.5) is 0 Å². The molecule has 1 aliphatic rings. The number of aliphatic hydroxyl groups excluding tert-OH is 1. The lowest BCUT2D eigenvalue weighted by molar-refractivity contribution is 0.229. The van der Waals surface area contributed by atoms with Crippen LogP contribution in [-0.4, -0.2) is 34.2 Å². The molecule has 1 heterocycles. The maximum absolute atomic E-state index is 8.82. The lowest BCUT2D eigenvalue weighted by Gasteiger charge is -2.21. The van der Waals surface area contributed by atoms with Gasteiger partial charge in [-0.2, -0.15) is 0 Å². The first kappa shape index (κ1) is 12.8. The van der Waals surface area contributed by atoms with Gasteiger partial charge in [0, 0.05) is 25.4 Å². The Morgan fingerprint density at radius 1 is 1.41 bits per heavy atom. The fourth-order valence-electron chi connectivity index (χ4n) is 2.03. The number of rotatable bonds is 7. The second kappa shape index (κ2) is 6.34. The molecule has 0 spiro atoms. The SMILES string of the molecule is OCCCCN(Cc1ccnc(Cl)c1)C1CC1. The highest BCUT2D eigenvalue weighted by molar-refractivity contribution is 6.29. The number of unbranched alkanes of at least 4 members (excludes halogenated alkanes) is 1. The molecule has 1 aromatic heterocycles. The summed E-state index contributed by atoms with van der Waals surface area (Å²) in [5.41, 5.74) is 1.22. The number of aromatic nitrogens is 1. The molecule has 1 N–H and O–H groups in total. The molecule has 3 nitrogen and oxygen atoms in total. The molecular formula is C13H19ClN2O. The number of nitrogens with zero attached hydrogens (tertiary/aromatic N) is 2. The zero-order valence-corrected chi connectivity index (χ0v) is 10.7. The van der Waals surface area contributed by atoms with Crippen LogP contribution in [0, 0.1) is 0 Å². The predicted molar refractivity (Wildman–Crippen MR) is 69.0 cm³/mol. The van der Waals surface area contributed by atoms with Crippen LogP contribution < -0.4 is 0 Å². The van der Waals surface area contributed by atoms with E-state index in [1.165, 1.54) is 18.4 Å². The number of aliphatic hydroxyl groups is 1. The van der Waals surface area contributed by atoms with E-state index < -0.39 is 0 Å². The Balaban J connectivity index is 1.88. The zero-order chi connectivity index (χ0) is 12.1. The van der Waals surface area contributed by atoms with Gasteiger partial charge in [-0.15, -0.1) is 0 Å². The van der Waals surface area contributed by atoms with Gasteiger partial charge in [-0.05, 0) is 49.9 Å². The van der Waals surface area contributed by atoms with Gasteiger partial charge in [-0.3, -0.25) is 4.90 Å². The quantitative estimate of drug-likeness (QED) is 0.600. The van der Waals surface area contributed by atoms with Crippen molar-refractivity contribution in [2.75, 3.05) is 13.2 Å². The molecule has 1 aliphatic carbocycles. The van der Waals surface area contributed by atoms with Gasteiger partial charge in [0.2, 0.25) is 0 Å². The van der Waals surface area contributed by atoms with Crippen molar-refractivity contribution in [2.45, 2.75) is 38.3 Å². The van der Waals surface area contributed by atoms with Crippen LogP contribution in [0.5, 0.6) is 0 Å². The van der Waals surface area contributed by atoms with E-state index in [1.54, 1.807) is 6.20 Å². The minimum Gasteiger partial charge on any atom is -0.396 e. The predicted octanol–water partition coefficient (Wildman–Crippen LogP) is 2.47. The minimum absolute atomic E-state index is 0.291. The van der Waals surface area contributed by atoms with Crippen molar-refractivity contribution in [1.29, 1.82) is 0 Å². The molecule has 0 aromatic carbocycles. The highest BCUT2D eigenvalue weighted by Gasteiger charge is 2.28. The van der Waals surface area contributed by atoms with Gasteiger partial charge in [0.1, 0.15) is 5.15 Å². The van der Waals surface area contributed by atoms with Gasteiger partial charge in [0.05, 0.1) is 0 Å². The van der Waals surface area contributed by atoms with Crippen molar-refractivity contribution in [1.82, 2.24) is 9.88 Å². The monoisotopic (exact) mass is 254 g/mol. The minimum atomic E-state index is 0.291. The van der Waals surface area contributed by atoms with Crippen LogP contribution in [0.2, 0.25) is 5.15 Å². The molecule has 94 valence electrons. The van der Waals surface area contributed by atoms with Gasteiger partial charge in [0.25, 0.3) is 0 Å². The summed E-state index contributed by atoms with van der Waals surface area (Å²) < 4.78 is 0. The average Bonchev–Trinajstić information content (AvgIpc) is 3.12. The normalized spacial score (nSPS) is 15.5. The number of halogens is 1. The van der Waals surface area contributed by atoms with Crippen LogP contribution in [0.15, 0.2) is 18.3 Å². The van der Waals surface area contributed by atoms with E-state index in [2.05, 4.69) is 9.88 Å². The van der Waals surface area contributed by atoms with Gasteiger partial charge >= 0.3 is 0 Å². The van der Waals surface area contributed by atoms with Gasteiger partial charge < -0.3 is 5.11 Å². The highest BCUT2D eigenvalue weighted by atomic mass is 35.5. The summed E-state index contributed by atoms with van der Waals surface area (Å²) in [4.78, 5) is 6.48. The maximum Gasteiger partial charge on any atom is 0.129 e. The molecule has 1 saturated carbocycles.